The summed E-state index contributed by atoms with van der Waals surface area (Å²) < 4.78 is 2.06. The molecule has 0 aliphatic heterocycles. The molecular weight excluding hydrogens is 286 g/mol. The van der Waals surface area contributed by atoms with E-state index in [0.717, 1.165) is 6.42 Å². The number of nitrogens with zero attached hydrogens (tertiary/aromatic N) is 2. The van der Waals surface area contributed by atoms with Crippen LogP contribution < -0.4 is 5.32 Å². The van der Waals surface area contributed by atoms with Gasteiger partial charge in [-0.25, -0.2) is 0 Å². The molecule has 1 aromatic heterocycles. The summed E-state index contributed by atoms with van der Waals surface area (Å²) in [6.45, 7) is 11.0. The number of rotatable bonds is 3. The smallest absolute Gasteiger partial charge is 0.272 e. The van der Waals surface area contributed by atoms with Gasteiger partial charge in [-0.05, 0) is 57.9 Å². The largest absolute Gasteiger partial charge is 0.348 e. The van der Waals surface area contributed by atoms with Crippen LogP contribution in [0.3, 0.4) is 0 Å². The first-order valence-corrected chi connectivity index (χ1v) is 9.18. The van der Waals surface area contributed by atoms with Crippen LogP contribution in [-0.4, -0.2) is 21.7 Å². The molecule has 3 rings (SSSR count). The van der Waals surface area contributed by atoms with Crippen LogP contribution in [0.25, 0.3) is 0 Å². The van der Waals surface area contributed by atoms with Gasteiger partial charge in [-0.3, -0.25) is 9.48 Å². The van der Waals surface area contributed by atoms with Gasteiger partial charge in [-0.15, -0.1) is 0 Å². The molecule has 0 bridgehead atoms. The van der Waals surface area contributed by atoms with Crippen molar-refractivity contribution >= 4 is 5.91 Å². The molecule has 2 aliphatic rings. The van der Waals surface area contributed by atoms with E-state index in [1.165, 1.54) is 31.4 Å². The molecular formula is C19H31N3O. The van der Waals surface area contributed by atoms with Crippen molar-refractivity contribution in [2.75, 3.05) is 0 Å². The molecule has 0 saturated heterocycles. The van der Waals surface area contributed by atoms with E-state index in [4.69, 9.17) is 0 Å². The molecule has 1 amide bonds. The summed E-state index contributed by atoms with van der Waals surface area (Å²) in [5.41, 5.74) is 1.74. The number of amides is 1. The lowest BCUT2D eigenvalue weighted by atomic mass is 9.78. The third-order valence-electron chi connectivity index (χ3n) is 5.62. The van der Waals surface area contributed by atoms with Crippen LogP contribution in [-0.2, 0) is 5.54 Å². The number of aromatic nitrogens is 2. The van der Waals surface area contributed by atoms with Crippen LogP contribution in [0.2, 0.25) is 0 Å². The van der Waals surface area contributed by atoms with Gasteiger partial charge >= 0.3 is 0 Å². The molecule has 2 saturated carbocycles. The number of hydrogen-bond donors (Lipinski definition) is 1. The van der Waals surface area contributed by atoms with Crippen molar-refractivity contribution < 1.29 is 4.79 Å². The van der Waals surface area contributed by atoms with Gasteiger partial charge in [0, 0.05) is 17.7 Å². The average molecular weight is 317 g/mol. The topological polar surface area (TPSA) is 46.9 Å². The van der Waals surface area contributed by atoms with Crippen LogP contribution in [0.5, 0.6) is 0 Å². The van der Waals surface area contributed by atoms with Crippen LogP contribution in [0.4, 0.5) is 0 Å². The van der Waals surface area contributed by atoms with Crippen molar-refractivity contribution in [3.63, 3.8) is 0 Å². The fraction of sp³-hybridized carbons (Fsp3) is 0.789. The second-order valence-electron chi connectivity index (χ2n) is 8.66. The maximum absolute atomic E-state index is 12.7. The van der Waals surface area contributed by atoms with Gasteiger partial charge in [-0.2, -0.15) is 5.10 Å². The predicted octanol–water partition coefficient (Wildman–Crippen LogP) is 4.07. The number of carbonyl (C=O) groups is 1. The van der Waals surface area contributed by atoms with Crippen LogP contribution in [0.1, 0.15) is 88.8 Å². The molecule has 1 heterocycles. The number of carbonyl (C=O) groups excluding carboxylic acids is 1. The molecule has 0 aromatic carbocycles. The highest BCUT2D eigenvalue weighted by Crippen LogP contribution is 2.41. The molecule has 1 N–H and O–H groups in total. The Morgan fingerprint density at radius 3 is 2.52 bits per heavy atom. The highest BCUT2D eigenvalue weighted by molar-refractivity contribution is 5.92. The zero-order valence-electron chi connectivity index (χ0n) is 15.2. The Morgan fingerprint density at radius 2 is 1.91 bits per heavy atom. The Morgan fingerprint density at radius 1 is 1.22 bits per heavy atom. The van der Waals surface area contributed by atoms with Crippen molar-refractivity contribution in [3.05, 3.63) is 17.5 Å². The molecule has 3 atom stereocenters. The number of hydrogen-bond acceptors (Lipinski definition) is 2. The van der Waals surface area contributed by atoms with Crippen LogP contribution in [0, 0.1) is 11.8 Å². The Labute approximate surface area is 140 Å². The van der Waals surface area contributed by atoms with E-state index in [1.54, 1.807) is 0 Å². The normalized spacial score (nSPS) is 28.7. The highest BCUT2D eigenvalue weighted by Gasteiger charge is 2.34. The minimum Gasteiger partial charge on any atom is -0.348 e. The van der Waals surface area contributed by atoms with Gasteiger partial charge in [0.05, 0.1) is 5.54 Å². The maximum Gasteiger partial charge on any atom is 0.272 e. The summed E-state index contributed by atoms with van der Waals surface area (Å²) in [5.74, 6) is 1.82. The van der Waals surface area contributed by atoms with Gasteiger partial charge in [0.1, 0.15) is 5.69 Å². The quantitative estimate of drug-likeness (QED) is 0.913. The van der Waals surface area contributed by atoms with Crippen LogP contribution in [0.15, 0.2) is 6.07 Å². The molecule has 2 aliphatic carbocycles. The zero-order chi connectivity index (χ0) is 16.8. The molecule has 4 heteroatoms. The minimum absolute atomic E-state index is 0.000787. The van der Waals surface area contributed by atoms with Crippen molar-refractivity contribution in [2.45, 2.75) is 84.2 Å². The first-order valence-electron chi connectivity index (χ1n) is 9.18. The lowest BCUT2D eigenvalue weighted by Gasteiger charge is -2.34. The molecule has 23 heavy (non-hydrogen) atoms. The van der Waals surface area contributed by atoms with E-state index in [-0.39, 0.29) is 17.5 Å². The van der Waals surface area contributed by atoms with E-state index in [0.29, 0.717) is 23.4 Å². The summed E-state index contributed by atoms with van der Waals surface area (Å²) >= 11 is 0. The lowest BCUT2D eigenvalue weighted by Crippen LogP contribution is -2.43. The van der Waals surface area contributed by atoms with E-state index in [9.17, 15) is 4.79 Å². The predicted molar refractivity (Wildman–Crippen MR) is 92.6 cm³/mol. The monoisotopic (exact) mass is 317 g/mol. The fourth-order valence-corrected chi connectivity index (χ4v) is 3.74. The lowest BCUT2D eigenvalue weighted by molar-refractivity contribution is 0.0884. The Balaban J connectivity index is 1.77. The van der Waals surface area contributed by atoms with Gasteiger partial charge in [-0.1, -0.05) is 26.7 Å². The van der Waals surface area contributed by atoms with E-state index in [2.05, 4.69) is 49.7 Å². The standard InChI is InChI=1S/C19H31N3O/c1-12-7-6-8-15(13(12)2)20-18(23)16-11-17(14-9-10-14)22(21-16)19(3,4)5/h11-15H,6-10H2,1-5H3,(H,20,23)/t12-,13-,15-/m1/s1. The molecule has 1 aromatic rings. The molecule has 2 fully saturated rings. The molecule has 128 valence electrons. The second-order valence-corrected chi connectivity index (χ2v) is 8.66. The van der Waals surface area contributed by atoms with Crippen molar-refractivity contribution in [2.24, 2.45) is 11.8 Å². The van der Waals surface area contributed by atoms with Crippen molar-refractivity contribution in [1.82, 2.24) is 15.1 Å². The Hall–Kier alpha value is -1.32. The molecule has 4 nitrogen and oxygen atoms in total. The SMILES string of the molecule is C[C@@H]1[C@H](C)CCC[C@H]1NC(=O)c1cc(C2CC2)n(C(C)(C)C)n1. The minimum atomic E-state index is -0.0803. The summed E-state index contributed by atoms with van der Waals surface area (Å²) in [6.07, 6.45) is 6.02. The molecule has 0 radical (unpaired) electrons. The molecule has 0 unspecified atom stereocenters. The van der Waals surface area contributed by atoms with E-state index < -0.39 is 0 Å². The Kier molecular flexibility index (Phi) is 4.28. The maximum atomic E-state index is 12.7. The Bertz CT molecular complexity index is 580. The average Bonchev–Trinajstić information content (AvgIpc) is 3.20. The second kappa shape index (κ2) is 5.95. The van der Waals surface area contributed by atoms with E-state index >= 15 is 0 Å². The van der Waals surface area contributed by atoms with Gasteiger partial charge in [0.25, 0.3) is 5.91 Å². The third kappa shape index (κ3) is 3.46. The van der Waals surface area contributed by atoms with E-state index in [1.807, 2.05) is 6.07 Å². The first-order chi connectivity index (χ1) is 10.8. The highest BCUT2D eigenvalue weighted by atomic mass is 16.2. The third-order valence-corrected chi connectivity index (χ3v) is 5.62. The zero-order valence-corrected chi connectivity index (χ0v) is 15.2. The van der Waals surface area contributed by atoms with Gasteiger partial charge in [0.15, 0.2) is 0 Å². The van der Waals surface area contributed by atoms with Crippen molar-refractivity contribution in [3.8, 4) is 0 Å². The van der Waals surface area contributed by atoms with Crippen molar-refractivity contribution in [1.29, 1.82) is 0 Å². The first kappa shape index (κ1) is 16.5. The summed E-state index contributed by atoms with van der Waals surface area (Å²) in [5, 5.41) is 7.91. The fourth-order valence-electron chi connectivity index (χ4n) is 3.74. The summed E-state index contributed by atoms with van der Waals surface area (Å²) in [4.78, 5) is 12.7. The summed E-state index contributed by atoms with van der Waals surface area (Å²) in [6, 6.07) is 2.31. The molecule has 0 spiro atoms. The van der Waals surface area contributed by atoms with Gasteiger partial charge < -0.3 is 5.32 Å². The van der Waals surface area contributed by atoms with Crippen LogP contribution >= 0.6 is 0 Å². The number of nitrogens with one attached hydrogen (secondary N) is 1. The summed E-state index contributed by atoms with van der Waals surface area (Å²) in [7, 11) is 0. The van der Waals surface area contributed by atoms with Gasteiger partial charge in [0.2, 0.25) is 0 Å².